The molecule has 0 saturated carbocycles. The minimum absolute atomic E-state index is 0.0409. The normalized spacial score (nSPS) is 22.1. The quantitative estimate of drug-likeness (QED) is 0.0964. The third-order valence-corrected chi connectivity index (χ3v) is 4.80. The summed E-state index contributed by atoms with van der Waals surface area (Å²) >= 11 is 0. The Morgan fingerprint density at radius 1 is 1.11 bits per heavy atom. The van der Waals surface area contributed by atoms with Gasteiger partial charge in [0.2, 0.25) is 11.5 Å². The second-order valence-corrected chi connectivity index (χ2v) is 7.69. The average Bonchev–Trinajstić information content (AvgIpc) is 3.33. The molecule has 36 heavy (non-hydrogen) atoms. The summed E-state index contributed by atoms with van der Waals surface area (Å²) in [5.41, 5.74) is 6.12. The number of ketones is 1. The van der Waals surface area contributed by atoms with Gasteiger partial charge in [0.05, 0.1) is 6.21 Å². The van der Waals surface area contributed by atoms with E-state index in [-0.39, 0.29) is 40.1 Å². The number of esters is 3. The van der Waals surface area contributed by atoms with Crippen LogP contribution in [0.1, 0.15) is 33.9 Å². The smallest absolute Gasteiger partial charge is 0.437 e. The van der Waals surface area contributed by atoms with E-state index in [0.29, 0.717) is 0 Å². The highest BCUT2D eigenvalue weighted by Crippen LogP contribution is 2.36. The number of imidazole rings is 1. The first-order chi connectivity index (χ1) is 17.0. The summed E-state index contributed by atoms with van der Waals surface area (Å²) in [4.78, 5) is 58.3. The zero-order valence-corrected chi connectivity index (χ0v) is 19.8. The maximum atomic E-state index is 12.4. The van der Waals surface area contributed by atoms with Gasteiger partial charge in [-0.05, 0) is 29.0 Å². The minimum atomic E-state index is -1.20. The highest BCUT2D eigenvalue weighted by molar-refractivity contribution is 5.91. The Balaban J connectivity index is 2.07. The van der Waals surface area contributed by atoms with E-state index in [2.05, 4.69) is 15.0 Å². The molecule has 2 aromatic rings. The molecular weight excluding hydrogens is 480 g/mol. The van der Waals surface area contributed by atoms with Crippen molar-refractivity contribution in [1.29, 1.82) is 0 Å². The number of carbonyl (C=O) groups excluding carboxylic acids is 4. The molecule has 3 rings (SSSR count). The third-order valence-electron chi connectivity index (χ3n) is 4.80. The van der Waals surface area contributed by atoms with Crippen LogP contribution in [-0.4, -0.2) is 79.1 Å². The van der Waals surface area contributed by atoms with Crippen molar-refractivity contribution in [2.45, 2.75) is 52.2 Å². The van der Waals surface area contributed by atoms with E-state index in [9.17, 15) is 24.4 Å². The number of ether oxygens (including phenoxy) is 4. The molecule has 2 N–H and O–H groups in total. The van der Waals surface area contributed by atoms with Gasteiger partial charge in [-0.3, -0.25) is 23.7 Å². The van der Waals surface area contributed by atoms with E-state index in [1.165, 1.54) is 36.9 Å². The molecule has 0 radical (unpaired) electrons. The molecule has 0 spiro atoms. The molecule has 0 aliphatic carbocycles. The van der Waals surface area contributed by atoms with E-state index in [1.54, 1.807) is 0 Å². The molecule has 0 unspecified atom stereocenters. The highest BCUT2D eigenvalue weighted by atomic mass is 16.7. The third kappa shape index (κ3) is 5.99. The number of aromatic nitrogens is 4. The molecule has 0 amide bonds. The maximum absolute atomic E-state index is 12.4. The lowest BCUT2D eigenvalue weighted by Gasteiger charge is -2.23. The molecule has 15 nitrogen and oxygen atoms in total. The van der Waals surface area contributed by atoms with Crippen molar-refractivity contribution in [2.24, 2.45) is 0 Å². The van der Waals surface area contributed by atoms with Gasteiger partial charge in [0, 0.05) is 20.8 Å². The van der Waals surface area contributed by atoms with Gasteiger partial charge in [-0.1, -0.05) is 0 Å². The molecule has 1 fully saturated rings. The predicted molar refractivity (Wildman–Crippen MR) is 121 cm³/mol. The van der Waals surface area contributed by atoms with Crippen LogP contribution in [-0.2, 0) is 38.1 Å². The summed E-state index contributed by atoms with van der Waals surface area (Å²) in [6.07, 6.45) is 0.167. The molecule has 1 aliphatic rings. The molecule has 2 aromatic heterocycles. The zero-order valence-electron chi connectivity index (χ0n) is 19.8. The minimum Gasteiger partial charge on any atom is -0.740 e. The van der Waals surface area contributed by atoms with Gasteiger partial charge in [-0.15, -0.1) is 0 Å². The lowest BCUT2D eigenvalue weighted by molar-refractivity contribution is -0.363. The van der Waals surface area contributed by atoms with Crippen LogP contribution in [0.15, 0.2) is 18.5 Å². The lowest BCUT2D eigenvalue weighted by Crippen LogP contribution is -2.40. The fourth-order valence-corrected chi connectivity index (χ4v) is 3.45. The van der Waals surface area contributed by atoms with Crippen molar-refractivity contribution in [3.8, 4) is 0 Å². The number of nitrogens with zero attached hydrogens (tertiary/aromatic N) is 5. The molecule has 0 aromatic carbocycles. The standard InChI is InChI=1S/C21H24N6O9/c1-10(28)6-5-7-27(32)21-24-18(22)15-19(25-21)26(9-23-15)20-17(35-13(4)31)16(34-12(3)30)14(36-20)8-33-11(2)29/h5-7,9,14,16-17,20H,8H2,1-4H3,(H2,22,24,25)/b6-5-,27-7-/t14-,16-,17-,20-/m1/s1. The van der Waals surface area contributed by atoms with Crippen LogP contribution in [0.3, 0.4) is 0 Å². The Hall–Kier alpha value is -4.40. The van der Waals surface area contributed by atoms with Gasteiger partial charge in [0.1, 0.15) is 19.0 Å². The first-order valence-electron chi connectivity index (χ1n) is 10.6. The van der Waals surface area contributed by atoms with E-state index in [4.69, 9.17) is 24.7 Å². The number of hydrogen-bond acceptors (Lipinski definition) is 13. The Bertz CT molecular complexity index is 1250. The fraction of sp³-hybridized carbons (Fsp3) is 0.429. The van der Waals surface area contributed by atoms with Gasteiger partial charge in [-0.25, -0.2) is 9.72 Å². The van der Waals surface area contributed by atoms with E-state index in [1.807, 2.05) is 0 Å². The number of carbonyl (C=O) groups is 4. The van der Waals surface area contributed by atoms with Gasteiger partial charge >= 0.3 is 23.9 Å². The van der Waals surface area contributed by atoms with Crippen molar-refractivity contribution in [2.75, 3.05) is 12.3 Å². The Labute approximate surface area is 204 Å². The number of anilines is 1. The molecule has 4 atom stereocenters. The fourth-order valence-electron chi connectivity index (χ4n) is 3.45. The van der Waals surface area contributed by atoms with E-state index >= 15 is 0 Å². The van der Waals surface area contributed by atoms with Crippen LogP contribution >= 0.6 is 0 Å². The number of nitrogens with two attached hydrogens (primary N) is 1. The predicted octanol–water partition coefficient (Wildman–Crippen LogP) is 0.0902. The summed E-state index contributed by atoms with van der Waals surface area (Å²) in [7, 11) is 0. The molecule has 0 bridgehead atoms. The van der Waals surface area contributed by atoms with Crippen LogP contribution in [0.4, 0.5) is 11.8 Å². The first-order valence-corrected chi connectivity index (χ1v) is 10.6. The van der Waals surface area contributed by atoms with Crippen LogP contribution in [0.2, 0.25) is 0 Å². The number of fused-ring (bicyclic) bond motifs is 1. The lowest BCUT2D eigenvalue weighted by atomic mass is 10.1. The molecule has 1 saturated heterocycles. The second-order valence-electron chi connectivity index (χ2n) is 7.69. The van der Waals surface area contributed by atoms with Crippen molar-refractivity contribution in [3.05, 3.63) is 23.7 Å². The average molecular weight is 504 g/mol. The molecular formula is C21H24N6O9. The van der Waals surface area contributed by atoms with Crippen molar-refractivity contribution in [3.63, 3.8) is 0 Å². The summed E-state index contributed by atoms with van der Waals surface area (Å²) in [6.45, 7) is 4.53. The SMILES string of the molecule is CC(=O)/C=C\C=[N+](/[O-])c1nc(N)c2ncn([C@@H]3O[C@H](COC(C)=O)[C@@H](OC(C)=O)[C@H]3OC(C)=O)c2n1. The van der Waals surface area contributed by atoms with Gasteiger partial charge in [0.25, 0.3) is 0 Å². The zero-order chi connectivity index (χ0) is 26.6. The monoisotopic (exact) mass is 504 g/mol. The highest BCUT2D eigenvalue weighted by Gasteiger charge is 2.51. The topological polar surface area (TPSA) is 201 Å². The summed E-state index contributed by atoms with van der Waals surface area (Å²) in [5, 5.41) is 12.4. The van der Waals surface area contributed by atoms with Gasteiger partial charge in [-0.2, -0.15) is 0 Å². The van der Waals surface area contributed by atoms with Crippen molar-refractivity contribution in [1.82, 2.24) is 19.5 Å². The summed E-state index contributed by atoms with van der Waals surface area (Å²) < 4.78 is 23.3. The van der Waals surface area contributed by atoms with E-state index < -0.39 is 42.4 Å². The van der Waals surface area contributed by atoms with Crippen molar-refractivity contribution < 1.29 is 42.9 Å². The Kier molecular flexibility index (Phi) is 7.93. The summed E-state index contributed by atoms with van der Waals surface area (Å²) in [6, 6.07) is 0. The maximum Gasteiger partial charge on any atom is 0.437 e. The van der Waals surface area contributed by atoms with Crippen molar-refractivity contribution >= 4 is 52.8 Å². The second kappa shape index (κ2) is 10.9. The van der Waals surface area contributed by atoms with Crippen LogP contribution < -0.4 is 5.73 Å². The summed E-state index contributed by atoms with van der Waals surface area (Å²) in [5.74, 6) is -2.75. The Morgan fingerprint density at radius 2 is 1.78 bits per heavy atom. The molecule has 192 valence electrons. The van der Waals surface area contributed by atoms with E-state index in [0.717, 1.165) is 20.1 Å². The molecule has 3 heterocycles. The first kappa shape index (κ1) is 26.2. The van der Waals surface area contributed by atoms with Crippen LogP contribution in [0.25, 0.3) is 11.2 Å². The Morgan fingerprint density at radius 3 is 2.39 bits per heavy atom. The largest absolute Gasteiger partial charge is 0.740 e. The van der Waals surface area contributed by atoms with Gasteiger partial charge in [0.15, 0.2) is 29.7 Å². The number of hydrogen-bond donors (Lipinski definition) is 1. The van der Waals surface area contributed by atoms with Gasteiger partial charge < -0.3 is 29.9 Å². The molecule has 15 heteroatoms. The van der Waals surface area contributed by atoms with Crippen LogP contribution in [0.5, 0.6) is 0 Å². The number of allylic oxidation sites excluding steroid dienone is 2. The number of rotatable bonds is 8. The number of nitrogen functional groups attached to an aromatic ring is 1. The molecule has 1 aliphatic heterocycles. The van der Waals surface area contributed by atoms with Crippen LogP contribution in [0, 0.1) is 5.21 Å².